The largest absolute Gasteiger partial charge is 0.416 e. The molecular weight excluding hydrogens is 271 g/mol. The van der Waals surface area contributed by atoms with E-state index in [0.29, 0.717) is 0 Å². The van der Waals surface area contributed by atoms with Gasteiger partial charge >= 0.3 is 6.18 Å². The Bertz CT molecular complexity index is 555. The highest BCUT2D eigenvalue weighted by molar-refractivity contribution is 7.15. The maximum absolute atomic E-state index is 12.5. The summed E-state index contributed by atoms with van der Waals surface area (Å²) >= 11 is 1.53. The summed E-state index contributed by atoms with van der Waals surface area (Å²) in [5.74, 6) is 0. The molecule has 0 spiro atoms. The van der Waals surface area contributed by atoms with Crippen LogP contribution in [-0.2, 0) is 12.6 Å². The highest BCUT2D eigenvalue weighted by Crippen LogP contribution is 2.33. The minimum Gasteiger partial charge on any atom is -0.241 e. The highest BCUT2D eigenvalue weighted by Gasteiger charge is 2.30. The Morgan fingerprint density at radius 1 is 1.16 bits per heavy atom. The van der Waals surface area contributed by atoms with Crippen LogP contribution in [0.1, 0.15) is 29.5 Å². The molecule has 102 valence electrons. The first kappa shape index (κ1) is 14.1. The molecule has 19 heavy (non-hydrogen) atoms. The van der Waals surface area contributed by atoms with E-state index >= 15 is 0 Å². The molecule has 1 aromatic heterocycles. The van der Waals surface area contributed by atoms with Crippen LogP contribution >= 0.6 is 11.3 Å². The van der Waals surface area contributed by atoms with Gasteiger partial charge in [-0.25, -0.2) is 4.98 Å². The minimum atomic E-state index is -4.29. The molecule has 0 unspecified atom stereocenters. The summed E-state index contributed by atoms with van der Waals surface area (Å²) in [6.07, 6.45) is -2.37. The van der Waals surface area contributed by atoms with Crippen molar-refractivity contribution in [3.05, 3.63) is 40.4 Å². The Labute approximate surface area is 114 Å². The van der Waals surface area contributed by atoms with Gasteiger partial charge in [-0.2, -0.15) is 13.2 Å². The zero-order valence-corrected chi connectivity index (χ0v) is 11.5. The first-order valence-corrected chi connectivity index (χ1v) is 6.87. The van der Waals surface area contributed by atoms with Gasteiger partial charge < -0.3 is 0 Å². The highest BCUT2D eigenvalue weighted by atomic mass is 32.1. The van der Waals surface area contributed by atoms with Gasteiger partial charge in [0.15, 0.2) is 0 Å². The molecule has 0 aliphatic heterocycles. The summed E-state index contributed by atoms with van der Waals surface area (Å²) in [6, 6.07) is 5.17. The molecule has 0 atom stereocenters. The third-order valence-electron chi connectivity index (χ3n) is 2.84. The van der Waals surface area contributed by atoms with Crippen molar-refractivity contribution in [3.8, 4) is 10.6 Å². The molecule has 1 aromatic carbocycles. The Balaban J connectivity index is 2.30. The summed E-state index contributed by atoms with van der Waals surface area (Å²) in [4.78, 5) is 5.63. The second-order valence-corrected chi connectivity index (χ2v) is 5.55. The summed E-state index contributed by atoms with van der Waals surface area (Å²) in [5.41, 5.74) is 1.16. The molecule has 0 fully saturated rings. The zero-order valence-electron chi connectivity index (χ0n) is 10.7. The van der Waals surface area contributed by atoms with E-state index in [1.807, 2.05) is 6.92 Å². The van der Waals surface area contributed by atoms with Crippen LogP contribution in [0.3, 0.4) is 0 Å². The lowest BCUT2D eigenvalue weighted by atomic mass is 10.1. The number of aromatic nitrogens is 1. The first-order valence-electron chi connectivity index (χ1n) is 6.05. The third-order valence-corrected chi connectivity index (χ3v) is 3.90. The summed E-state index contributed by atoms with van der Waals surface area (Å²) in [6.45, 7) is 4.08. The Hall–Kier alpha value is -1.36. The fraction of sp³-hybridized carbons (Fsp3) is 0.357. The second kappa shape index (κ2) is 5.33. The second-order valence-electron chi connectivity index (χ2n) is 4.35. The first-order chi connectivity index (χ1) is 8.91. The molecule has 0 aliphatic carbocycles. The molecule has 0 saturated heterocycles. The van der Waals surface area contributed by atoms with Gasteiger partial charge in [-0.3, -0.25) is 0 Å². The van der Waals surface area contributed by atoms with E-state index in [1.54, 1.807) is 0 Å². The van der Waals surface area contributed by atoms with E-state index in [0.717, 1.165) is 46.1 Å². The molecule has 0 bridgehead atoms. The molecule has 0 amide bonds. The fourth-order valence-electron chi connectivity index (χ4n) is 1.82. The molecule has 2 aromatic rings. The molecule has 1 nitrogen and oxygen atoms in total. The van der Waals surface area contributed by atoms with Gasteiger partial charge in [0.1, 0.15) is 5.01 Å². The number of aryl methyl sites for hydroxylation is 2. The van der Waals surface area contributed by atoms with Crippen molar-refractivity contribution in [2.45, 2.75) is 32.9 Å². The van der Waals surface area contributed by atoms with Crippen molar-refractivity contribution in [1.82, 2.24) is 4.98 Å². The molecular formula is C14H14F3NS. The molecule has 5 heteroatoms. The molecule has 2 rings (SSSR count). The van der Waals surface area contributed by atoms with E-state index in [2.05, 4.69) is 11.9 Å². The van der Waals surface area contributed by atoms with Gasteiger partial charge in [0.25, 0.3) is 0 Å². The number of hydrogen-bond donors (Lipinski definition) is 0. The summed E-state index contributed by atoms with van der Waals surface area (Å²) in [5, 5.41) is 0.787. The van der Waals surface area contributed by atoms with Gasteiger partial charge in [0.2, 0.25) is 0 Å². The number of nitrogens with zero attached hydrogens (tertiary/aromatic N) is 1. The van der Waals surface area contributed by atoms with Gasteiger partial charge in [0.05, 0.1) is 11.3 Å². The number of halogens is 3. The third kappa shape index (κ3) is 3.15. The lowest BCUT2D eigenvalue weighted by Crippen LogP contribution is -2.03. The van der Waals surface area contributed by atoms with Crippen molar-refractivity contribution in [2.75, 3.05) is 0 Å². The van der Waals surface area contributed by atoms with E-state index in [9.17, 15) is 13.2 Å². The van der Waals surface area contributed by atoms with E-state index < -0.39 is 11.7 Å². The average Bonchev–Trinajstić information content (AvgIpc) is 2.71. The van der Waals surface area contributed by atoms with Gasteiger partial charge in [-0.15, -0.1) is 11.3 Å². The van der Waals surface area contributed by atoms with Gasteiger partial charge in [-0.1, -0.05) is 25.5 Å². The Morgan fingerprint density at radius 2 is 1.79 bits per heavy atom. The number of hydrogen-bond acceptors (Lipinski definition) is 2. The van der Waals surface area contributed by atoms with Crippen LogP contribution < -0.4 is 0 Å². The standard InChI is InChI=1S/C14H14F3NS/c1-3-4-12-9(2)19-13(18-12)10-5-7-11(8-6-10)14(15,16)17/h5-8H,3-4H2,1-2H3. The quantitative estimate of drug-likeness (QED) is 0.765. The molecule has 0 N–H and O–H groups in total. The maximum Gasteiger partial charge on any atom is 0.416 e. The van der Waals surface area contributed by atoms with Crippen molar-refractivity contribution in [2.24, 2.45) is 0 Å². The van der Waals surface area contributed by atoms with Crippen LogP contribution in [0.5, 0.6) is 0 Å². The van der Waals surface area contributed by atoms with Crippen LogP contribution in [0, 0.1) is 6.92 Å². The summed E-state index contributed by atoms with van der Waals surface area (Å²) < 4.78 is 37.4. The minimum absolute atomic E-state index is 0.627. The number of rotatable bonds is 3. The van der Waals surface area contributed by atoms with Crippen molar-refractivity contribution >= 4 is 11.3 Å². The van der Waals surface area contributed by atoms with Crippen LogP contribution in [0.2, 0.25) is 0 Å². The van der Waals surface area contributed by atoms with Gasteiger partial charge in [0, 0.05) is 10.4 Å². The Morgan fingerprint density at radius 3 is 2.32 bits per heavy atom. The smallest absolute Gasteiger partial charge is 0.241 e. The van der Waals surface area contributed by atoms with Gasteiger partial charge in [-0.05, 0) is 25.5 Å². The lowest BCUT2D eigenvalue weighted by molar-refractivity contribution is -0.137. The predicted molar refractivity (Wildman–Crippen MR) is 71.3 cm³/mol. The number of alkyl halides is 3. The van der Waals surface area contributed by atoms with E-state index in [-0.39, 0.29) is 0 Å². The van der Waals surface area contributed by atoms with E-state index in [1.165, 1.54) is 23.5 Å². The SMILES string of the molecule is CCCc1nc(-c2ccc(C(F)(F)F)cc2)sc1C. The topological polar surface area (TPSA) is 12.9 Å². The lowest BCUT2D eigenvalue weighted by Gasteiger charge is -2.06. The number of benzene rings is 1. The van der Waals surface area contributed by atoms with Crippen LogP contribution in [0.25, 0.3) is 10.6 Å². The van der Waals surface area contributed by atoms with Crippen LogP contribution in [0.15, 0.2) is 24.3 Å². The monoisotopic (exact) mass is 285 g/mol. The molecule has 0 radical (unpaired) electrons. The zero-order chi connectivity index (χ0) is 14.0. The predicted octanol–water partition coefficient (Wildman–Crippen LogP) is 5.09. The normalized spacial score (nSPS) is 11.8. The summed E-state index contributed by atoms with van der Waals surface area (Å²) in [7, 11) is 0. The molecule has 0 saturated carbocycles. The van der Waals surface area contributed by atoms with Crippen molar-refractivity contribution in [3.63, 3.8) is 0 Å². The van der Waals surface area contributed by atoms with Crippen molar-refractivity contribution in [1.29, 1.82) is 0 Å². The fourth-order valence-corrected chi connectivity index (χ4v) is 2.79. The van der Waals surface area contributed by atoms with Crippen molar-refractivity contribution < 1.29 is 13.2 Å². The van der Waals surface area contributed by atoms with Crippen LogP contribution in [-0.4, -0.2) is 4.98 Å². The molecule has 1 heterocycles. The van der Waals surface area contributed by atoms with Crippen LogP contribution in [0.4, 0.5) is 13.2 Å². The molecule has 0 aliphatic rings. The maximum atomic E-state index is 12.5. The Kier molecular flexibility index (Phi) is 3.94. The average molecular weight is 285 g/mol. The number of thiazole rings is 1. The van der Waals surface area contributed by atoms with E-state index in [4.69, 9.17) is 0 Å².